The Morgan fingerprint density at radius 3 is 2.75 bits per heavy atom. The molecule has 3 aromatic heterocycles. The molecule has 1 saturated carbocycles. The predicted molar refractivity (Wildman–Crippen MR) is 106 cm³/mol. The van der Waals surface area contributed by atoms with Crippen LogP contribution >= 0.6 is 11.3 Å². The second-order valence-corrected chi connectivity index (χ2v) is 9.03. The van der Waals surface area contributed by atoms with Gasteiger partial charge in [0.1, 0.15) is 16.6 Å². The van der Waals surface area contributed by atoms with Crippen molar-refractivity contribution in [2.24, 2.45) is 17.3 Å². The first-order valence-corrected chi connectivity index (χ1v) is 10.3. The molecule has 4 heterocycles. The number of thiazole rings is 1. The normalized spacial score (nSPS) is 24.9. The minimum atomic E-state index is -0.925. The van der Waals surface area contributed by atoms with Gasteiger partial charge in [0, 0.05) is 12.5 Å². The van der Waals surface area contributed by atoms with E-state index in [9.17, 15) is 10.1 Å². The van der Waals surface area contributed by atoms with Gasteiger partial charge in [0.05, 0.1) is 34.0 Å². The molecule has 3 aromatic rings. The number of rotatable bonds is 3. The maximum absolute atomic E-state index is 13.5. The number of nitriles is 1. The van der Waals surface area contributed by atoms with Gasteiger partial charge in [-0.25, -0.2) is 14.5 Å². The third-order valence-electron chi connectivity index (χ3n) is 6.00. The van der Waals surface area contributed by atoms with Crippen molar-refractivity contribution in [3.8, 4) is 16.6 Å². The quantitative estimate of drug-likeness (QED) is 0.682. The maximum Gasteiger partial charge on any atom is 0.249 e. The summed E-state index contributed by atoms with van der Waals surface area (Å²) in [5, 5.41) is 15.3. The summed E-state index contributed by atoms with van der Waals surface area (Å²) in [6.07, 6.45) is 5.48. The lowest BCUT2D eigenvalue weighted by Gasteiger charge is -2.23. The minimum absolute atomic E-state index is 0.0293. The summed E-state index contributed by atoms with van der Waals surface area (Å²) in [5.41, 5.74) is 1.51. The standard InChI is InChI=1S/C20H20N6OS/c1-11-8-25(19(27)20(11,10-21)14-4-5-14)18-16-6-7-22-26(16)9-15(24-18)17-12(2)23-13(3)28-17/h6-7,9,11,14H,4-5,8H2,1-3H3/t11-,20+/m1/s1. The minimum Gasteiger partial charge on any atom is -0.293 e. The third kappa shape index (κ3) is 2.26. The fourth-order valence-electron chi connectivity index (χ4n) is 4.47. The topological polar surface area (TPSA) is 87.2 Å². The van der Waals surface area contributed by atoms with Gasteiger partial charge in [0.2, 0.25) is 5.91 Å². The van der Waals surface area contributed by atoms with Crippen molar-refractivity contribution in [1.82, 2.24) is 19.6 Å². The lowest BCUT2D eigenvalue weighted by atomic mass is 9.75. The Labute approximate surface area is 166 Å². The summed E-state index contributed by atoms with van der Waals surface area (Å²) in [5.74, 6) is 0.601. The number of aryl methyl sites for hydroxylation is 2. The number of anilines is 1. The zero-order valence-electron chi connectivity index (χ0n) is 16.0. The second kappa shape index (κ2) is 5.85. The van der Waals surface area contributed by atoms with E-state index >= 15 is 0 Å². The molecule has 0 N–H and O–H groups in total. The highest BCUT2D eigenvalue weighted by atomic mass is 32.1. The Bertz CT molecular complexity index is 1150. The molecule has 1 amide bonds. The molecule has 0 unspecified atom stereocenters. The molecule has 142 valence electrons. The van der Waals surface area contributed by atoms with E-state index in [0.717, 1.165) is 39.6 Å². The van der Waals surface area contributed by atoms with E-state index in [1.807, 2.05) is 33.0 Å². The van der Waals surface area contributed by atoms with Crippen LogP contribution in [0.5, 0.6) is 0 Å². The van der Waals surface area contributed by atoms with Crippen LogP contribution in [0.15, 0.2) is 18.5 Å². The van der Waals surface area contributed by atoms with Gasteiger partial charge in [-0.15, -0.1) is 11.3 Å². The van der Waals surface area contributed by atoms with Crippen LogP contribution in [-0.4, -0.2) is 32.0 Å². The van der Waals surface area contributed by atoms with Crippen LogP contribution in [0.2, 0.25) is 0 Å². The monoisotopic (exact) mass is 392 g/mol. The van der Waals surface area contributed by atoms with E-state index in [4.69, 9.17) is 4.98 Å². The van der Waals surface area contributed by atoms with Crippen molar-refractivity contribution < 1.29 is 4.79 Å². The first-order valence-electron chi connectivity index (χ1n) is 9.47. The first-order chi connectivity index (χ1) is 13.5. The summed E-state index contributed by atoms with van der Waals surface area (Å²) in [7, 11) is 0. The molecule has 28 heavy (non-hydrogen) atoms. The van der Waals surface area contributed by atoms with E-state index in [2.05, 4.69) is 16.2 Å². The van der Waals surface area contributed by atoms with Crippen LogP contribution in [0.3, 0.4) is 0 Å². The average Bonchev–Trinajstić information content (AvgIpc) is 3.21. The molecule has 1 saturated heterocycles. The van der Waals surface area contributed by atoms with Gasteiger partial charge >= 0.3 is 0 Å². The van der Waals surface area contributed by atoms with Gasteiger partial charge in [-0.05, 0) is 38.7 Å². The number of carbonyl (C=O) groups is 1. The van der Waals surface area contributed by atoms with Crippen LogP contribution in [0.1, 0.15) is 30.5 Å². The summed E-state index contributed by atoms with van der Waals surface area (Å²) in [4.78, 5) is 25.5. The molecule has 0 radical (unpaired) electrons. The second-order valence-electron chi connectivity index (χ2n) is 7.83. The molecule has 2 aliphatic rings. The lowest BCUT2D eigenvalue weighted by molar-refractivity contribution is -0.124. The first kappa shape index (κ1) is 17.3. The number of carbonyl (C=O) groups excluding carboxylic acids is 1. The van der Waals surface area contributed by atoms with Crippen molar-refractivity contribution in [3.63, 3.8) is 0 Å². The van der Waals surface area contributed by atoms with Crippen molar-refractivity contribution in [2.75, 3.05) is 11.4 Å². The molecule has 5 rings (SSSR count). The van der Waals surface area contributed by atoms with Crippen LogP contribution in [0.4, 0.5) is 5.82 Å². The molecular formula is C20H20N6OS. The lowest BCUT2D eigenvalue weighted by Crippen LogP contribution is -2.37. The van der Waals surface area contributed by atoms with E-state index in [1.165, 1.54) is 0 Å². The highest BCUT2D eigenvalue weighted by Gasteiger charge is 2.61. The summed E-state index contributed by atoms with van der Waals surface area (Å²) in [6, 6.07) is 4.25. The zero-order valence-corrected chi connectivity index (χ0v) is 16.8. The summed E-state index contributed by atoms with van der Waals surface area (Å²) >= 11 is 1.58. The van der Waals surface area contributed by atoms with Gasteiger partial charge in [0.15, 0.2) is 5.82 Å². The molecule has 2 atom stereocenters. The van der Waals surface area contributed by atoms with Crippen LogP contribution in [-0.2, 0) is 4.79 Å². The third-order valence-corrected chi connectivity index (χ3v) is 7.10. The van der Waals surface area contributed by atoms with Gasteiger partial charge in [0.25, 0.3) is 0 Å². The van der Waals surface area contributed by atoms with Crippen LogP contribution in [0.25, 0.3) is 16.1 Å². The maximum atomic E-state index is 13.5. The molecular weight excluding hydrogens is 372 g/mol. The van der Waals surface area contributed by atoms with E-state index in [-0.39, 0.29) is 17.7 Å². The molecule has 2 fully saturated rings. The van der Waals surface area contributed by atoms with E-state index < -0.39 is 5.41 Å². The Kier molecular flexibility index (Phi) is 3.62. The molecule has 0 aromatic carbocycles. The molecule has 8 heteroatoms. The van der Waals surface area contributed by atoms with Crippen molar-refractivity contribution in [3.05, 3.63) is 29.2 Å². The smallest absolute Gasteiger partial charge is 0.249 e. The van der Waals surface area contributed by atoms with Crippen molar-refractivity contribution >= 4 is 28.6 Å². The SMILES string of the molecule is Cc1nc(C)c(-c2cn3nccc3c(N3C[C@@H](C)[C@@](C#N)(C4CC4)C3=O)n2)s1. The molecule has 7 nitrogen and oxygen atoms in total. The Morgan fingerprint density at radius 2 is 2.11 bits per heavy atom. The largest absolute Gasteiger partial charge is 0.293 e. The number of hydrogen-bond acceptors (Lipinski definition) is 6. The molecule has 1 aliphatic heterocycles. The molecule has 0 spiro atoms. The highest BCUT2D eigenvalue weighted by molar-refractivity contribution is 7.15. The highest BCUT2D eigenvalue weighted by Crippen LogP contribution is 2.54. The fraction of sp³-hybridized carbons (Fsp3) is 0.450. The number of aromatic nitrogens is 4. The number of amides is 1. The Hall–Kier alpha value is -2.79. The summed E-state index contributed by atoms with van der Waals surface area (Å²) < 4.78 is 1.76. The summed E-state index contributed by atoms with van der Waals surface area (Å²) in [6.45, 7) is 6.44. The molecule has 0 bridgehead atoms. The average molecular weight is 392 g/mol. The van der Waals surface area contributed by atoms with Crippen LogP contribution in [0, 0.1) is 42.4 Å². The van der Waals surface area contributed by atoms with Crippen LogP contribution < -0.4 is 4.90 Å². The van der Waals surface area contributed by atoms with Gasteiger partial charge < -0.3 is 0 Å². The zero-order chi connectivity index (χ0) is 19.6. The van der Waals surface area contributed by atoms with E-state index in [1.54, 1.807) is 26.9 Å². The fourth-order valence-corrected chi connectivity index (χ4v) is 5.34. The Balaban J connectivity index is 1.67. The van der Waals surface area contributed by atoms with Gasteiger partial charge in [-0.2, -0.15) is 10.4 Å². The van der Waals surface area contributed by atoms with E-state index in [0.29, 0.717) is 12.4 Å². The number of fused-ring (bicyclic) bond motifs is 1. The van der Waals surface area contributed by atoms with Gasteiger partial charge in [-0.1, -0.05) is 6.92 Å². The van der Waals surface area contributed by atoms with Crippen molar-refractivity contribution in [2.45, 2.75) is 33.6 Å². The number of hydrogen-bond donors (Lipinski definition) is 0. The predicted octanol–water partition coefficient (Wildman–Crippen LogP) is 3.37. The Morgan fingerprint density at radius 1 is 1.32 bits per heavy atom. The van der Waals surface area contributed by atoms with Crippen molar-refractivity contribution in [1.29, 1.82) is 5.26 Å². The van der Waals surface area contributed by atoms with Gasteiger partial charge in [-0.3, -0.25) is 9.69 Å². The molecule has 1 aliphatic carbocycles. The number of nitrogens with zero attached hydrogens (tertiary/aromatic N) is 6.